The molecule has 0 saturated carbocycles. The highest BCUT2D eigenvalue weighted by atomic mass is 16.5. The molecular formula is C28H35N3O4. The molecule has 7 nitrogen and oxygen atoms in total. The van der Waals surface area contributed by atoms with Crippen LogP contribution in [0.25, 0.3) is 10.9 Å². The van der Waals surface area contributed by atoms with Crippen LogP contribution >= 0.6 is 0 Å². The molecule has 2 aliphatic heterocycles. The topological polar surface area (TPSA) is 56.2 Å². The number of carbonyl (C=O) groups excluding carboxylic acids is 1. The third-order valence-corrected chi connectivity index (χ3v) is 7.56. The molecule has 1 fully saturated rings. The number of carbonyl (C=O) groups is 1. The highest BCUT2D eigenvalue weighted by molar-refractivity contribution is 5.88. The molecule has 0 N–H and O–H groups in total. The number of likely N-dealkylation sites (tertiary alicyclic amines) is 1. The van der Waals surface area contributed by atoms with Gasteiger partial charge in [0, 0.05) is 63.4 Å². The van der Waals surface area contributed by atoms with Gasteiger partial charge >= 0.3 is 0 Å². The molecule has 2 aromatic carbocycles. The Hall–Kier alpha value is -3.03. The molecule has 35 heavy (non-hydrogen) atoms. The SMILES string of the molecule is COCCn1c2c(c3cc(OC)ccc31)CCN(C(C)=O)C21CCN(CCOc2ccccc2)C1. The van der Waals surface area contributed by atoms with Gasteiger partial charge < -0.3 is 23.7 Å². The Labute approximate surface area is 207 Å². The number of hydrogen-bond acceptors (Lipinski definition) is 5. The van der Waals surface area contributed by atoms with Gasteiger partial charge in [0.2, 0.25) is 5.91 Å². The molecule has 3 aromatic rings. The minimum atomic E-state index is -0.355. The first-order chi connectivity index (χ1) is 17.1. The fourth-order valence-electron chi connectivity index (χ4n) is 6.04. The predicted octanol–water partition coefficient (Wildman–Crippen LogP) is 3.68. The zero-order valence-corrected chi connectivity index (χ0v) is 21.0. The second-order valence-corrected chi connectivity index (χ2v) is 9.49. The molecule has 1 aromatic heterocycles. The van der Waals surface area contributed by atoms with E-state index in [0.29, 0.717) is 13.2 Å². The van der Waals surface area contributed by atoms with Crippen molar-refractivity contribution in [3.8, 4) is 11.5 Å². The Bertz CT molecular complexity index is 1190. The smallest absolute Gasteiger partial charge is 0.220 e. The number of methoxy groups -OCH3 is 2. The lowest BCUT2D eigenvalue weighted by Gasteiger charge is -2.45. The van der Waals surface area contributed by atoms with Gasteiger partial charge in [0.15, 0.2) is 0 Å². The van der Waals surface area contributed by atoms with Crippen LogP contribution in [0.4, 0.5) is 0 Å². The molecule has 1 amide bonds. The monoisotopic (exact) mass is 477 g/mol. The van der Waals surface area contributed by atoms with E-state index in [1.807, 2.05) is 36.4 Å². The highest BCUT2D eigenvalue weighted by Gasteiger charge is 2.51. The van der Waals surface area contributed by atoms with Crippen molar-refractivity contribution in [2.45, 2.75) is 31.8 Å². The summed E-state index contributed by atoms with van der Waals surface area (Å²) in [4.78, 5) is 17.5. The molecule has 2 aliphatic rings. The fourth-order valence-corrected chi connectivity index (χ4v) is 6.04. The lowest BCUT2D eigenvalue weighted by atomic mass is 9.83. The van der Waals surface area contributed by atoms with Crippen molar-refractivity contribution in [2.24, 2.45) is 0 Å². The van der Waals surface area contributed by atoms with E-state index in [0.717, 1.165) is 57.1 Å². The molecule has 1 spiro atoms. The van der Waals surface area contributed by atoms with Crippen molar-refractivity contribution < 1.29 is 19.0 Å². The normalized spacial score (nSPS) is 19.9. The van der Waals surface area contributed by atoms with Crippen LogP contribution in [0, 0.1) is 0 Å². The second-order valence-electron chi connectivity index (χ2n) is 9.49. The summed E-state index contributed by atoms with van der Waals surface area (Å²) in [6, 6.07) is 16.3. The van der Waals surface area contributed by atoms with Gasteiger partial charge in [0.05, 0.1) is 19.3 Å². The lowest BCUT2D eigenvalue weighted by Crippen LogP contribution is -2.55. The summed E-state index contributed by atoms with van der Waals surface area (Å²) in [6.07, 6.45) is 1.75. The van der Waals surface area contributed by atoms with E-state index in [2.05, 4.69) is 26.5 Å². The first-order valence-corrected chi connectivity index (χ1v) is 12.4. The van der Waals surface area contributed by atoms with Crippen molar-refractivity contribution in [2.75, 3.05) is 53.6 Å². The molecule has 0 bridgehead atoms. The summed E-state index contributed by atoms with van der Waals surface area (Å²) in [6.45, 7) is 6.98. The molecule has 1 unspecified atom stereocenters. The molecule has 0 radical (unpaired) electrons. The van der Waals surface area contributed by atoms with Gasteiger partial charge in [0.1, 0.15) is 18.1 Å². The van der Waals surface area contributed by atoms with E-state index in [4.69, 9.17) is 14.2 Å². The first-order valence-electron chi connectivity index (χ1n) is 12.4. The number of hydrogen-bond donors (Lipinski definition) is 0. The third kappa shape index (κ3) is 4.28. The van der Waals surface area contributed by atoms with E-state index in [1.54, 1.807) is 21.1 Å². The summed E-state index contributed by atoms with van der Waals surface area (Å²) in [7, 11) is 3.45. The maximum Gasteiger partial charge on any atom is 0.220 e. The molecule has 1 atom stereocenters. The lowest BCUT2D eigenvalue weighted by molar-refractivity contribution is -0.136. The van der Waals surface area contributed by atoms with Gasteiger partial charge in [-0.05, 0) is 48.7 Å². The van der Waals surface area contributed by atoms with Crippen LogP contribution < -0.4 is 9.47 Å². The van der Waals surface area contributed by atoms with Crippen LogP contribution in [0.2, 0.25) is 0 Å². The van der Waals surface area contributed by atoms with Crippen molar-refractivity contribution >= 4 is 16.8 Å². The van der Waals surface area contributed by atoms with Gasteiger partial charge in [-0.3, -0.25) is 9.69 Å². The van der Waals surface area contributed by atoms with Crippen LogP contribution in [-0.4, -0.2) is 73.9 Å². The Morgan fingerprint density at radius 3 is 2.57 bits per heavy atom. The molecule has 1 saturated heterocycles. The summed E-state index contributed by atoms with van der Waals surface area (Å²) in [5.41, 5.74) is 3.44. The average molecular weight is 478 g/mol. The quantitative estimate of drug-likeness (QED) is 0.496. The van der Waals surface area contributed by atoms with Crippen molar-refractivity contribution in [3.63, 3.8) is 0 Å². The van der Waals surface area contributed by atoms with E-state index in [9.17, 15) is 4.79 Å². The summed E-state index contributed by atoms with van der Waals surface area (Å²) >= 11 is 0. The Balaban J connectivity index is 1.51. The number of para-hydroxylation sites is 1. The number of aromatic nitrogens is 1. The molecule has 5 rings (SSSR count). The predicted molar refractivity (Wildman–Crippen MR) is 136 cm³/mol. The van der Waals surface area contributed by atoms with Gasteiger partial charge in [-0.15, -0.1) is 0 Å². The summed E-state index contributed by atoms with van der Waals surface area (Å²) < 4.78 is 19.4. The molecule has 0 aliphatic carbocycles. The van der Waals surface area contributed by atoms with E-state index < -0.39 is 0 Å². The zero-order chi connectivity index (χ0) is 24.4. The zero-order valence-electron chi connectivity index (χ0n) is 21.0. The molecular weight excluding hydrogens is 442 g/mol. The Morgan fingerprint density at radius 1 is 1.00 bits per heavy atom. The van der Waals surface area contributed by atoms with Gasteiger partial charge in [-0.1, -0.05) is 18.2 Å². The maximum absolute atomic E-state index is 12.9. The third-order valence-electron chi connectivity index (χ3n) is 7.56. The number of fused-ring (bicyclic) bond motifs is 4. The van der Waals surface area contributed by atoms with E-state index in [1.165, 1.54) is 22.2 Å². The largest absolute Gasteiger partial charge is 0.497 e. The number of ether oxygens (including phenoxy) is 3. The van der Waals surface area contributed by atoms with Crippen LogP contribution in [-0.2, 0) is 28.0 Å². The van der Waals surface area contributed by atoms with Gasteiger partial charge in [0.25, 0.3) is 0 Å². The summed E-state index contributed by atoms with van der Waals surface area (Å²) in [5.74, 6) is 1.89. The Kier molecular flexibility index (Phi) is 6.71. The van der Waals surface area contributed by atoms with Crippen molar-refractivity contribution in [1.82, 2.24) is 14.4 Å². The van der Waals surface area contributed by atoms with Crippen LogP contribution in [0.3, 0.4) is 0 Å². The highest BCUT2D eigenvalue weighted by Crippen LogP contribution is 2.46. The van der Waals surface area contributed by atoms with Crippen LogP contribution in [0.5, 0.6) is 11.5 Å². The average Bonchev–Trinajstić information content (AvgIpc) is 3.43. The number of rotatable bonds is 8. The molecule has 7 heteroatoms. The molecule has 186 valence electrons. The van der Waals surface area contributed by atoms with Gasteiger partial charge in [-0.25, -0.2) is 0 Å². The summed E-state index contributed by atoms with van der Waals surface area (Å²) in [5, 5.41) is 1.23. The molecule has 3 heterocycles. The fraction of sp³-hybridized carbons (Fsp3) is 0.464. The number of nitrogens with zero attached hydrogens (tertiary/aromatic N) is 3. The van der Waals surface area contributed by atoms with Crippen molar-refractivity contribution in [1.29, 1.82) is 0 Å². The minimum Gasteiger partial charge on any atom is -0.497 e. The first kappa shape index (κ1) is 23.7. The maximum atomic E-state index is 12.9. The second kappa shape index (κ2) is 9.91. The number of amides is 1. The van der Waals surface area contributed by atoms with E-state index in [-0.39, 0.29) is 11.4 Å². The van der Waals surface area contributed by atoms with Crippen molar-refractivity contribution in [3.05, 3.63) is 59.8 Å². The van der Waals surface area contributed by atoms with Gasteiger partial charge in [-0.2, -0.15) is 0 Å². The Morgan fingerprint density at radius 2 is 1.83 bits per heavy atom. The minimum absolute atomic E-state index is 0.138. The van der Waals surface area contributed by atoms with Crippen LogP contribution in [0.15, 0.2) is 48.5 Å². The van der Waals surface area contributed by atoms with Crippen LogP contribution in [0.1, 0.15) is 24.6 Å². The van der Waals surface area contributed by atoms with E-state index >= 15 is 0 Å². The standard InChI is InChI=1S/C28H35N3O4/c1-21(32)31-13-11-24-25-19-23(34-3)9-10-26(25)30(16-17-33-2)27(24)28(31)12-14-29(20-28)15-18-35-22-7-5-4-6-8-22/h4-10,19H,11-18,20H2,1-3H3. The number of benzene rings is 2.